The molecule has 4 heterocycles. The minimum atomic E-state index is -1.30. The monoisotopic (exact) mass is 482 g/mol. The van der Waals surface area contributed by atoms with E-state index in [0.29, 0.717) is 21.3 Å². The van der Waals surface area contributed by atoms with E-state index in [1.54, 1.807) is 5.38 Å². The zero-order chi connectivity index (χ0) is 22.1. The molecule has 0 bridgehead atoms. The number of rotatable bonds is 5. The molecule has 0 aromatic carbocycles. The number of aromatic nitrogens is 5. The number of hydrogen-bond donors (Lipinski definition) is 4. The summed E-state index contributed by atoms with van der Waals surface area (Å²) in [7, 11) is 0. The van der Waals surface area contributed by atoms with E-state index in [1.807, 2.05) is 0 Å². The van der Waals surface area contributed by atoms with Crippen LogP contribution in [0, 0.1) is 6.57 Å². The highest BCUT2D eigenvalue weighted by Gasteiger charge is 2.46. The number of pyridine rings is 1. The zero-order valence-electron chi connectivity index (χ0n) is 15.5. The van der Waals surface area contributed by atoms with Gasteiger partial charge in [0.1, 0.15) is 41.7 Å². The first-order valence-electron chi connectivity index (χ1n) is 8.83. The van der Waals surface area contributed by atoms with Crippen LogP contribution in [-0.2, 0) is 4.74 Å². The van der Waals surface area contributed by atoms with Gasteiger partial charge in [-0.1, -0.05) is 34.7 Å². The van der Waals surface area contributed by atoms with Crippen LogP contribution in [-0.4, -0.2) is 70.6 Å². The molecule has 162 valence electrons. The number of ether oxygens (including phenoxy) is 1. The molecule has 1 saturated heterocycles. The van der Waals surface area contributed by atoms with Gasteiger partial charge in [-0.25, -0.2) is 4.68 Å². The number of nitrogens with zero attached hydrogens (tertiary/aromatic N) is 5. The molecule has 11 nitrogen and oxygen atoms in total. The number of thioether (sulfide) groups is 1. The summed E-state index contributed by atoms with van der Waals surface area (Å²) < 4.78 is 6.95. The van der Waals surface area contributed by atoms with Crippen LogP contribution in [0.3, 0.4) is 0 Å². The average molecular weight is 483 g/mol. The van der Waals surface area contributed by atoms with Crippen LogP contribution >= 0.6 is 34.7 Å². The van der Waals surface area contributed by atoms with Gasteiger partial charge in [-0.15, -0.1) is 21.8 Å². The molecule has 0 radical (unpaired) electrons. The summed E-state index contributed by atoms with van der Waals surface area (Å²) in [4.78, 5) is 21.4. The zero-order valence-corrected chi connectivity index (χ0v) is 17.9. The standard InChI is InChI=1S/C17H15ClN6O5S2/c1-19-15-11(2-7(18)3-20-15)31-16-14(27)12(13(26)10(5-25)29-16)24-4-8(22-23-24)9-6-30-17(28)21-9/h2-4,6,10,12-14,16,25-27H,5H2,(H,21,28)/t10?,12-,13-,14?,16+/m0/s1. The first kappa shape index (κ1) is 21.9. The molecule has 0 aliphatic carbocycles. The predicted octanol–water partition coefficient (Wildman–Crippen LogP) is 1.07. The van der Waals surface area contributed by atoms with Crippen LogP contribution in [0.5, 0.6) is 0 Å². The first-order valence-corrected chi connectivity index (χ1v) is 11.0. The van der Waals surface area contributed by atoms with Gasteiger partial charge in [0.2, 0.25) is 0 Å². The van der Waals surface area contributed by atoms with E-state index in [0.717, 1.165) is 23.1 Å². The Labute approximate surface area is 188 Å². The molecule has 3 aromatic rings. The van der Waals surface area contributed by atoms with Crippen molar-refractivity contribution in [2.45, 2.75) is 34.7 Å². The van der Waals surface area contributed by atoms with Crippen molar-refractivity contribution in [3.05, 3.63) is 49.9 Å². The van der Waals surface area contributed by atoms with E-state index in [9.17, 15) is 20.1 Å². The SMILES string of the molecule is [C-]#[N+]c1ncc(Cl)cc1S[C@H]1OC(CO)[C@H](O)[C@H](n2cc(-c3csc(=O)[nH]3)nn2)C1O. The number of H-pyrrole nitrogens is 1. The smallest absolute Gasteiger partial charge is 0.304 e. The first-order chi connectivity index (χ1) is 14.9. The van der Waals surface area contributed by atoms with Gasteiger partial charge < -0.3 is 29.9 Å². The predicted molar refractivity (Wildman–Crippen MR) is 112 cm³/mol. The Morgan fingerprint density at radius 2 is 2.23 bits per heavy atom. The molecule has 0 spiro atoms. The molecule has 0 saturated carbocycles. The molecule has 14 heteroatoms. The molecule has 0 amide bonds. The van der Waals surface area contributed by atoms with Crippen molar-refractivity contribution in [2.75, 3.05) is 6.61 Å². The fourth-order valence-electron chi connectivity index (χ4n) is 3.14. The number of halogens is 1. The minimum absolute atomic E-state index is 0.0814. The fraction of sp³-hybridized carbons (Fsp3) is 0.353. The van der Waals surface area contributed by atoms with E-state index in [1.165, 1.54) is 23.1 Å². The van der Waals surface area contributed by atoms with Gasteiger partial charge in [0.05, 0.1) is 23.5 Å². The molecular weight excluding hydrogens is 468 g/mol. The summed E-state index contributed by atoms with van der Waals surface area (Å²) in [6.07, 6.45) is -0.807. The van der Waals surface area contributed by atoms with Crippen molar-refractivity contribution in [1.29, 1.82) is 0 Å². The maximum Gasteiger partial charge on any atom is 0.304 e. The Bertz CT molecular complexity index is 1180. The highest BCUT2D eigenvalue weighted by molar-refractivity contribution is 8.00. The Morgan fingerprint density at radius 3 is 2.90 bits per heavy atom. The van der Waals surface area contributed by atoms with E-state index in [4.69, 9.17) is 22.9 Å². The Hall–Kier alpha value is -2.31. The quantitative estimate of drug-likeness (QED) is 0.391. The second-order valence-electron chi connectivity index (χ2n) is 6.55. The van der Waals surface area contributed by atoms with Crippen LogP contribution in [0.2, 0.25) is 5.02 Å². The number of nitrogens with one attached hydrogen (secondary N) is 1. The molecule has 1 aliphatic heterocycles. The molecule has 4 N–H and O–H groups in total. The van der Waals surface area contributed by atoms with E-state index < -0.39 is 36.4 Å². The van der Waals surface area contributed by atoms with Crippen LogP contribution in [0.15, 0.2) is 33.5 Å². The number of thiazole rings is 1. The third-order valence-corrected chi connectivity index (χ3v) is 6.66. The second-order valence-corrected chi connectivity index (χ2v) is 8.97. The Balaban J connectivity index is 1.65. The lowest BCUT2D eigenvalue weighted by atomic mass is 9.97. The molecule has 3 aromatic heterocycles. The molecule has 2 unspecified atom stereocenters. The third-order valence-electron chi connectivity index (χ3n) is 4.61. The van der Waals surface area contributed by atoms with Gasteiger partial charge in [0, 0.05) is 10.3 Å². The maximum atomic E-state index is 11.4. The van der Waals surface area contributed by atoms with Crippen LogP contribution < -0.4 is 4.87 Å². The van der Waals surface area contributed by atoms with Gasteiger partial charge in [-0.05, 0) is 6.07 Å². The van der Waals surface area contributed by atoms with Crippen molar-refractivity contribution in [2.24, 2.45) is 0 Å². The van der Waals surface area contributed by atoms with Gasteiger partial charge in [-0.3, -0.25) is 4.79 Å². The van der Waals surface area contributed by atoms with Crippen molar-refractivity contribution in [1.82, 2.24) is 25.0 Å². The average Bonchev–Trinajstić information content (AvgIpc) is 3.39. The molecule has 5 atom stereocenters. The number of aromatic amines is 1. The molecule has 1 fully saturated rings. The highest BCUT2D eigenvalue weighted by atomic mass is 35.5. The normalized spacial score (nSPS) is 26.0. The van der Waals surface area contributed by atoms with Crippen LogP contribution in [0.1, 0.15) is 6.04 Å². The largest absolute Gasteiger partial charge is 0.394 e. The molecule has 1 aliphatic rings. The van der Waals surface area contributed by atoms with Crippen LogP contribution in [0.4, 0.5) is 5.82 Å². The van der Waals surface area contributed by atoms with Gasteiger partial charge in [-0.2, -0.15) is 0 Å². The Morgan fingerprint density at radius 1 is 1.42 bits per heavy atom. The summed E-state index contributed by atoms with van der Waals surface area (Å²) >= 11 is 7.96. The van der Waals surface area contributed by atoms with Gasteiger partial charge in [0.15, 0.2) is 0 Å². The summed E-state index contributed by atoms with van der Waals surface area (Å²) in [5.74, 6) is 0.0814. The topological polar surface area (TPSA) is 151 Å². The number of aliphatic hydroxyl groups excluding tert-OH is 3. The van der Waals surface area contributed by atoms with Gasteiger partial charge in [0.25, 0.3) is 5.82 Å². The molecule has 4 rings (SSSR count). The third kappa shape index (κ3) is 4.37. The summed E-state index contributed by atoms with van der Waals surface area (Å²) in [6, 6.07) is 0.510. The van der Waals surface area contributed by atoms with E-state index in [-0.39, 0.29) is 10.7 Å². The van der Waals surface area contributed by atoms with Gasteiger partial charge >= 0.3 is 4.87 Å². The van der Waals surface area contributed by atoms with Crippen molar-refractivity contribution in [3.63, 3.8) is 0 Å². The van der Waals surface area contributed by atoms with Crippen molar-refractivity contribution >= 4 is 40.5 Å². The molecular formula is C17H15ClN6O5S2. The number of hydrogen-bond acceptors (Lipinski definition) is 10. The lowest BCUT2D eigenvalue weighted by Crippen LogP contribution is -2.55. The summed E-state index contributed by atoms with van der Waals surface area (Å²) in [5, 5.41) is 41.2. The Kier molecular flexibility index (Phi) is 6.39. The molecule has 31 heavy (non-hydrogen) atoms. The number of aliphatic hydroxyl groups is 3. The minimum Gasteiger partial charge on any atom is -0.394 e. The van der Waals surface area contributed by atoms with Crippen LogP contribution in [0.25, 0.3) is 16.2 Å². The second kappa shape index (κ2) is 9.05. The van der Waals surface area contributed by atoms with Crippen molar-refractivity contribution in [3.8, 4) is 11.4 Å². The highest BCUT2D eigenvalue weighted by Crippen LogP contribution is 2.41. The summed E-state index contributed by atoms with van der Waals surface area (Å²) in [6.45, 7) is 6.76. The maximum absolute atomic E-state index is 11.4. The fourth-order valence-corrected chi connectivity index (χ4v) is 5.08. The van der Waals surface area contributed by atoms with E-state index >= 15 is 0 Å². The summed E-state index contributed by atoms with van der Waals surface area (Å²) in [5.41, 5.74) is -0.170. The van der Waals surface area contributed by atoms with Crippen molar-refractivity contribution < 1.29 is 20.1 Å². The lowest BCUT2D eigenvalue weighted by molar-refractivity contribution is -0.178. The van der Waals surface area contributed by atoms with E-state index in [2.05, 4.69) is 25.1 Å². The lowest BCUT2D eigenvalue weighted by Gasteiger charge is -2.41.